The zero-order valence-corrected chi connectivity index (χ0v) is 20.4. The maximum Gasteiger partial charge on any atom is 0.216 e. The predicted octanol–water partition coefficient (Wildman–Crippen LogP) is 5.41. The second-order valence-corrected chi connectivity index (χ2v) is 9.50. The lowest BCUT2D eigenvalue weighted by molar-refractivity contribution is 0.0481. The van der Waals surface area contributed by atoms with E-state index in [0.717, 1.165) is 62.2 Å². The largest absolute Gasteiger partial charge is 0.494 e. The first-order chi connectivity index (χ1) is 16.8. The third-order valence-electron chi connectivity index (χ3n) is 6.29. The van der Waals surface area contributed by atoms with E-state index in [1.165, 1.54) is 15.8 Å². The number of fused-ring (bicyclic) bond motifs is 2. The molecule has 1 aliphatic rings. The first-order valence-electron chi connectivity index (χ1n) is 11.9. The van der Waals surface area contributed by atoms with E-state index in [1.807, 2.05) is 41.7 Å². The van der Waals surface area contributed by atoms with Crippen LogP contribution in [-0.4, -0.2) is 63.1 Å². The molecule has 0 aliphatic carbocycles. The number of benzene rings is 2. The van der Waals surface area contributed by atoms with Crippen LogP contribution >= 0.6 is 11.3 Å². The highest BCUT2D eigenvalue weighted by Gasteiger charge is 2.18. The van der Waals surface area contributed by atoms with Gasteiger partial charge < -0.3 is 19.1 Å². The number of unbranched alkanes of at least 4 members (excludes halogenated alkanes) is 1. The highest BCUT2D eigenvalue weighted by molar-refractivity contribution is 7.17. The number of piperazine rings is 1. The van der Waals surface area contributed by atoms with Crippen LogP contribution in [0.3, 0.4) is 0 Å². The van der Waals surface area contributed by atoms with Crippen molar-refractivity contribution in [1.82, 2.24) is 9.88 Å². The van der Waals surface area contributed by atoms with Gasteiger partial charge in [-0.2, -0.15) is 0 Å². The molecule has 0 N–H and O–H groups in total. The van der Waals surface area contributed by atoms with Gasteiger partial charge in [0.05, 0.1) is 12.1 Å². The number of aromatic nitrogens is 1. The Balaban J connectivity index is 1.04. The molecule has 4 aromatic rings. The van der Waals surface area contributed by atoms with Crippen molar-refractivity contribution in [2.45, 2.75) is 12.8 Å². The average molecular weight is 478 g/mol. The number of hydrogen-bond acceptors (Lipinski definition) is 7. The number of rotatable bonds is 10. The summed E-state index contributed by atoms with van der Waals surface area (Å²) in [5, 5.41) is 4.64. The molecule has 0 spiro atoms. The first kappa shape index (κ1) is 22.9. The van der Waals surface area contributed by atoms with E-state index < -0.39 is 0 Å². The van der Waals surface area contributed by atoms with Crippen LogP contribution in [0.5, 0.6) is 11.6 Å². The van der Waals surface area contributed by atoms with Gasteiger partial charge >= 0.3 is 0 Å². The van der Waals surface area contributed by atoms with Gasteiger partial charge in [-0.3, -0.25) is 4.90 Å². The molecule has 2 aromatic heterocycles. The van der Waals surface area contributed by atoms with E-state index in [0.29, 0.717) is 12.5 Å². The number of hydrogen-bond donors (Lipinski definition) is 0. The lowest BCUT2D eigenvalue weighted by Crippen LogP contribution is -2.46. The Labute approximate surface area is 204 Å². The highest BCUT2D eigenvalue weighted by Crippen LogP contribution is 2.31. The molecule has 0 radical (unpaired) electrons. The summed E-state index contributed by atoms with van der Waals surface area (Å²) in [6.07, 6.45) is 2.18. The lowest BCUT2D eigenvalue weighted by atomic mass is 10.2. The van der Waals surface area contributed by atoms with Gasteiger partial charge in [0, 0.05) is 66.6 Å². The van der Waals surface area contributed by atoms with E-state index >= 15 is 0 Å². The van der Waals surface area contributed by atoms with E-state index in [1.54, 1.807) is 7.11 Å². The molecule has 0 bridgehead atoms. The summed E-state index contributed by atoms with van der Waals surface area (Å²) in [6.45, 7) is 6.44. The Morgan fingerprint density at radius 3 is 2.71 bits per heavy atom. The fourth-order valence-corrected chi connectivity index (χ4v) is 5.27. The second-order valence-electron chi connectivity index (χ2n) is 8.55. The molecule has 0 unspecified atom stereocenters. The van der Waals surface area contributed by atoms with Crippen LogP contribution < -0.4 is 14.4 Å². The number of anilines is 1. The van der Waals surface area contributed by atoms with Crippen molar-refractivity contribution in [3.8, 4) is 11.6 Å². The minimum absolute atomic E-state index is 0.189. The SMILES string of the molecule is COCOc1ccc2ccc(OCCCCN3CCN(c4cccc5sccc45)CC3)cc2n1. The highest BCUT2D eigenvalue weighted by atomic mass is 32.1. The summed E-state index contributed by atoms with van der Waals surface area (Å²) in [7, 11) is 1.60. The van der Waals surface area contributed by atoms with E-state index in [-0.39, 0.29) is 6.79 Å². The molecule has 3 heterocycles. The maximum atomic E-state index is 6.00. The zero-order valence-electron chi connectivity index (χ0n) is 19.6. The van der Waals surface area contributed by atoms with E-state index in [2.05, 4.69) is 44.4 Å². The van der Waals surface area contributed by atoms with Crippen LogP contribution in [0.4, 0.5) is 5.69 Å². The standard InChI is InChI=1S/C27H31N3O3S/c1-31-20-33-27-10-8-21-7-9-22(19-24(21)28-27)32-17-3-2-12-29-13-15-30(16-14-29)25-5-4-6-26-23(25)11-18-34-26/h4-11,18-19H,2-3,12-17,20H2,1H3. The average Bonchev–Trinajstić information content (AvgIpc) is 3.37. The molecule has 34 heavy (non-hydrogen) atoms. The maximum absolute atomic E-state index is 6.00. The quantitative estimate of drug-likeness (QED) is 0.225. The molecule has 7 heteroatoms. The van der Waals surface area contributed by atoms with Crippen molar-refractivity contribution >= 4 is 38.0 Å². The summed E-state index contributed by atoms with van der Waals surface area (Å²) in [5.41, 5.74) is 2.25. The molecule has 0 amide bonds. The Bertz CT molecular complexity index is 1220. The number of pyridine rings is 1. The summed E-state index contributed by atoms with van der Waals surface area (Å²) in [4.78, 5) is 9.64. The molecular formula is C27H31N3O3S. The van der Waals surface area contributed by atoms with Crippen molar-refractivity contribution in [1.29, 1.82) is 0 Å². The van der Waals surface area contributed by atoms with Crippen molar-refractivity contribution < 1.29 is 14.2 Å². The molecule has 6 nitrogen and oxygen atoms in total. The number of nitrogens with zero attached hydrogens (tertiary/aromatic N) is 3. The second kappa shape index (κ2) is 11.0. The molecule has 178 valence electrons. The Kier molecular flexibility index (Phi) is 7.43. The van der Waals surface area contributed by atoms with E-state index in [9.17, 15) is 0 Å². The Morgan fingerprint density at radius 1 is 0.941 bits per heavy atom. The van der Waals surface area contributed by atoms with Crippen molar-refractivity contribution in [2.75, 3.05) is 58.1 Å². The molecular weight excluding hydrogens is 446 g/mol. The fourth-order valence-electron chi connectivity index (χ4n) is 4.46. The van der Waals surface area contributed by atoms with Crippen molar-refractivity contribution in [3.63, 3.8) is 0 Å². The fraction of sp³-hybridized carbons (Fsp3) is 0.370. The summed E-state index contributed by atoms with van der Waals surface area (Å²) in [5.74, 6) is 1.40. The number of thiophene rings is 1. The van der Waals surface area contributed by atoms with Gasteiger partial charge in [0.1, 0.15) is 5.75 Å². The number of methoxy groups -OCH3 is 1. The van der Waals surface area contributed by atoms with Crippen LogP contribution in [-0.2, 0) is 4.74 Å². The van der Waals surface area contributed by atoms with Gasteiger partial charge in [-0.15, -0.1) is 11.3 Å². The van der Waals surface area contributed by atoms with E-state index in [4.69, 9.17) is 14.2 Å². The summed E-state index contributed by atoms with van der Waals surface area (Å²) >= 11 is 1.82. The molecule has 1 saturated heterocycles. The minimum atomic E-state index is 0.189. The number of ether oxygens (including phenoxy) is 3. The van der Waals surface area contributed by atoms with Gasteiger partial charge in [0.2, 0.25) is 5.88 Å². The molecule has 1 aliphatic heterocycles. The van der Waals surface area contributed by atoms with Gasteiger partial charge in [-0.05, 0) is 61.2 Å². The van der Waals surface area contributed by atoms with Crippen molar-refractivity contribution in [3.05, 3.63) is 60.0 Å². The smallest absolute Gasteiger partial charge is 0.216 e. The third kappa shape index (κ3) is 5.43. The van der Waals surface area contributed by atoms with Crippen LogP contribution in [0.1, 0.15) is 12.8 Å². The molecule has 2 aromatic carbocycles. The Morgan fingerprint density at radius 2 is 1.82 bits per heavy atom. The normalized spacial score (nSPS) is 14.7. The molecule has 1 fully saturated rings. The monoisotopic (exact) mass is 477 g/mol. The van der Waals surface area contributed by atoms with Gasteiger partial charge in [-0.1, -0.05) is 6.07 Å². The minimum Gasteiger partial charge on any atom is -0.494 e. The van der Waals surface area contributed by atoms with Gasteiger partial charge in [0.15, 0.2) is 6.79 Å². The molecule has 5 rings (SSSR count). The van der Waals surface area contributed by atoms with Gasteiger partial charge in [0.25, 0.3) is 0 Å². The molecule has 0 atom stereocenters. The topological polar surface area (TPSA) is 47.1 Å². The first-order valence-corrected chi connectivity index (χ1v) is 12.8. The van der Waals surface area contributed by atoms with Crippen LogP contribution in [0.15, 0.2) is 60.0 Å². The van der Waals surface area contributed by atoms with Crippen LogP contribution in [0, 0.1) is 0 Å². The summed E-state index contributed by atoms with van der Waals surface area (Å²) in [6, 6.07) is 18.8. The zero-order chi connectivity index (χ0) is 23.2. The molecule has 0 saturated carbocycles. The van der Waals surface area contributed by atoms with Crippen molar-refractivity contribution in [2.24, 2.45) is 0 Å². The summed E-state index contributed by atoms with van der Waals surface area (Å²) < 4.78 is 17.8. The Hall–Kier alpha value is -2.87. The lowest BCUT2D eigenvalue weighted by Gasteiger charge is -2.36. The third-order valence-corrected chi connectivity index (χ3v) is 7.17. The van der Waals surface area contributed by atoms with Crippen LogP contribution in [0.25, 0.3) is 21.0 Å². The van der Waals surface area contributed by atoms with Gasteiger partial charge in [-0.25, -0.2) is 4.98 Å². The van der Waals surface area contributed by atoms with Crippen LogP contribution in [0.2, 0.25) is 0 Å². The predicted molar refractivity (Wildman–Crippen MR) is 139 cm³/mol.